The number of H-pyrrole nitrogens is 1. The van der Waals surface area contributed by atoms with Gasteiger partial charge in [0.15, 0.2) is 6.73 Å². The number of nitrogens with one attached hydrogen (secondary N) is 4. The highest BCUT2D eigenvalue weighted by Crippen LogP contribution is 2.08. The van der Waals surface area contributed by atoms with Crippen LogP contribution < -0.4 is 32.9 Å². The number of rotatable bonds is 13. The zero-order valence-electron chi connectivity index (χ0n) is 21.0. The summed E-state index contributed by atoms with van der Waals surface area (Å²) < 4.78 is 18.8. The Morgan fingerprint density at radius 3 is 2.37 bits per heavy atom. The van der Waals surface area contributed by atoms with Gasteiger partial charge in [0.25, 0.3) is 5.56 Å². The van der Waals surface area contributed by atoms with Gasteiger partial charge < -0.3 is 26.4 Å². The molecular formula is C24H31FN6O7. The van der Waals surface area contributed by atoms with Crippen LogP contribution in [0.2, 0.25) is 0 Å². The van der Waals surface area contributed by atoms with E-state index in [1.54, 1.807) is 29.2 Å². The summed E-state index contributed by atoms with van der Waals surface area (Å²) in [6.45, 7) is 2.03. The van der Waals surface area contributed by atoms with E-state index in [4.69, 9.17) is 10.5 Å². The van der Waals surface area contributed by atoms with Crippen molar-refractivity contribution in [1.29, 1.82) is 0 Å². The van der Waals surface area contributed by atoms with Crippen molar-refractivity contribution in [2.45, 2.75) is 45.5 Å². The molecule has 1 heterocycles. The van der Waals surface area contributed by atoms with Crippen LogP contribution >= 0.6 is 0 Å². The van der Waals surface area contributed by atoms with Gasteiger partial charge in [-0.3, -0.25) is 33.5 Å². The average Bonchev–Trinajstić information content (AvgIpc) is 2.87. The van der Waals surface area contributed by atoms with Crippen LogP contribution in [0.25, 0.3) is 0 Å². The first kappa shape index (κ1) is 29.9. The Kier molecular flexibility index (Phi) is 11.3. The first-order valence-electron chi connectivity index (χ1n) is 11.8. The summed E-state index contributed by atoms with van der Waals surface area (Å²) in [6.07, 6.45) is 0.962. The minimum absolute atomic E-state index is 0.0220. The Morgan fingerprint density at radius 1 is 1.05 bits per heavy atom. The van der Waals surface area contributed by atoms with Crippen molar-refractivity contribution in [3.05, 3.63) is 68.7 Å². The van der Waals surface area contributed by atoms with Gasteiger partial charge in [0.05, 0.1) is 12.7 Å². The minimum Gasteiger partial charge on any atom is -0.442 e. The lowest BCUT2D eigenvalue weighted by molar-refractivity contribution is -0.147. The molecule has 206 valence electrons. The fourth-order valence-electron chi connectivity index (χ4n) is 3.34. The lowest BCUT2D eigenvalue weighted by atomic mass is 10.0. The number of ether oxygens (including phenoxy) is 1. The van der Waals surface area contributed by atoms with Gasteiger partial charge in [-0.2, -0.15) is 4.39 Å². The number of nitrogens with zero attached hydrogens (tertiary/aromatic N) is 1. The fraction of sp³-hybridized carbons (Fsp3) is 0.417. The van der Waals surface area contributed by atoms with Crippen LogP contribution in [0, 0.1) is 11.7 Å². The largest absolute Gasteiger partial charge is 0.442 e. The number of amides is 3. The Hall–Kier alpha value is -4.33. The molecular weight excluding hydrogens is 503 g/mol. The molecule has 2 atom stereocenters. The molecule has 38 heavy (non-hydrogen) atoms. The molecule has 0 unspecified atom stereocenters. The smallest absolute Gasteiger partial charge is 0.331 e. The molecule has 0 radical (unpaired) electrons. The molecule has 0 aliphatic carbocycles. The SMILES string of the molecule is CC(C)C[C@H](NC(=O)[C@H](Cc1ccccc1)NC(=O)CN)C(=O)NCC(=O)OCn1cc(F)c(=O)[nH]c1=O. The van der Waals surface area contributed by atoms with E-state index in [1.807, 2.05) is 19.9 Å². The zero-order chi connectivity index (χ0) is 28.2. The second-order valence-corrected chi connectivity index (χ2v) is 8.77. The van der Waals surface area contributed by atoms with Crippen LogP contribution in [0.15, 0.2) is 46.1 Å². The average molecular weight is 535 g/mol. The number of aromatic nitrogens is 2. The number of carbonyl (C=O) groups is 4. The van der Waals surface area contributed by atoms with Crippen molar-refractivity contribution in [3.63, 3.8) is 0 Å². The molecule has 14 heteroatoms. The highest BCUT2D eigenvalue weighted by atomic mass is 19.1. The number of halogens is 1. The van der Waals surface area contributed by atoms with Crippen molar-refractivity contribution in [2.24, 2.45) is 11.7 Å². The van der Waals surface area contributed by atoms with E-state index >= 15 is 0 Å². The monoisotopic (exact) mass is 534 g/mol. The lowest BCUT2D eigenvalue weighted by Crippen LogP contribution is -2.55. The Bertz CT molecular complexity index is 1240. The Balaban J connectivity index is 2.01. The van der Waals surface area contributed by atoms with E-state index in [2.05, 4.69) is 16.0 Å². The van der Waals surface area contributed by atoms with Gasteiger partial charge in [-0.25, -0.2) is 4.79 Å². The van der Waals surface area contributed by atoms with Crippen LogP contribution in [0.4, 0.5) is 4.39 Å². The molecule has 0 spiro atoms. The van der Waals surface area contributed by atoms with Gasteiger partial charge in [0.1, 0.15) is 18.6 Å². The van der Waals surface area contributed by atoms with E-state index in [9.17, 15) is 33.2 Å². The summed E-state index contributed by atoms with van der Waals surface area (Å²) in [4.78, 5) is 74.2. The Labute approximate surface area is 216 Å². The third kappa shape index (κ3) is 9.61. The maximum Gasteiger partial charge on any atom is 0.331 e. The minimum atomic E-state index is -1.24. The number of benzene rings is 1. The van der Waals surface area contributed by atoms with Gasteiger partial charge in [-0.1, -0.05) is 44.2 Å². The van der Waals surface area contributed by atoms with E-state index in [-0.39, 0.29) is 25.3 Å². The van der Waals surface area contributed by atoms with Crippen molar-refractivity contribution >= 4 is 23.7 Å². The van der Waals surface area contributed by atoms with Crippen molar-refractivity contribution in [2.75, 3.05) is 13.1 Å². The van der Waals surface area contributed by atoms with Crippen LogP contribution in [0.5, 0.6) is 0 Å². The number of esters is 1. The zero-order valence-corrected chi connectivity index (χ0v) is 21.0. The maximum atomic E-state index is 13.3. The topological polar surface area (TPSA) is 194 Å². The number of aromatic amines is 1. The maximum absolute atomic E-state index is 13.3. The van der Waals surface area contributed by atoms with E-state index in [1.165, 1.54) is 0 Å². The summed E-state index contributed by atoms with van der Waals surface area (Å²) in [5.74, 6) is -4.06. The third-order valence-electron chi connectivity index (χ3n) is 5.20. The molecule has 3 amide bonds. The number of hydrogen-bond donors (Lipinski definition) is 5. The molecule has 0 saturated heterocycles. The molecule has 0 bridgehead atoms. The molecule has 0 fully saturated rings. The summed E-state index contributed by atoms with van der Waals surface area (Å²) in [7, 11) is 0. The van der Waals surface area contributed by atoms with Gasteiger partial charge in [0, 0.05) is 6.42 Å². The third-order valence-corrected chi connectivity index (χ3v) is 5.20. The van der Waals surface area contributed by atoms with Crippen LogP contribution in [-0.4, -0.2) is 58.4 Å². The molecule has 0 aliphatic heterocycles. The highest BCUT2D eigenvalue weighted by molar-refractivity contribution is 5.93. The van der Waals surface area contributed by atoms with Crippen molar-refractivity contribution < 1.29 is 28.3 Å². The lowest BCUT2D eigenvalue weighted by Gasteiger charge is -2.24. The molecule has 6 N–H and O–H groups in total. The molecule has 2 aromatic rings. The second kappa shape index (κ2) is 14.4. The highest BCUT2D eigenvalue weighted by Gasteiger charge is 2.27. The number of hydrogen-bond acceptors (Lipinski definition) is 8. The predicted octanol–water partition coefficient (Wildman–Crippen LogP) is -1.49. The molecule has 2 rings (SSSR count). The molecule has 0 saturated carbocycles. The summed E-state index contributed by atoms with van der Waals surface area (Å²) in [5.41, 5.74) is 3.96. The quantitative estimate of drug-likeness (QED) is 0.192. The predicted molar refractivity (Wildman–Crippen MR) is 133 cm³/mol. The normalized spacial score (nSPS) is 12.3. The number of carbonyl (C=O) groups excluding carboxylic acids is 4. The number of nitrogens with two attached hydrogens (primary N) is 1. The first-order valence-corrected chi connectivity index (χ1v) is 11.8. The Morgan fingerprint density at radius 2 is 1.74 bits per heavy atom. The summed E-state index contributed by atoms with van der Waals surface area (Å²) in [6, 6.07) is 6.90. The van der Waals surface area contributed by atoms with Gasteiger partial charge in [-0.15, -0.1) is 0 Å². The van der Waals surface area contributed by atoms with Gasteiger partial charge in [-0.05, 0) is 17.9 Å². The summed E-state index contributed by atoms with van der Waals surface area (Å²) in [5, 5.41) is 7.52. The molecule has 1 aromatic heterocycles. The van der Waals surface area contributed by atoms with Crippen molar-refractivity contribution in [1.82, 2.24) is 25.5 Å². The molecule has 13 nitrogen and oxygen atoms in total. The fourth-order valence-corrected chi connectivity index (χ4v) is 3.34. The van der Waals surface area contributed by atoms with Crippen LogP contribution in [-0.2, 0) is 37.1 Å². The van der Waals surface area contributed by atoms with Crippen LogP contribution in [0.1, 0.15) is 25.8 Å². The van der Waals surface area contributed by atoms with Crippen LogP contribution in [0.3, 0.4) is 0 Å². The molecule has 1 aromatic carbocycles. The van der Waals surface area contributed by atoms with Gasteiger partial charge in [0.2, 0.25) is 23.5 Å². The summed E-state index contributed by atoms with van der Waals surface area (Å²) >= 11 is 0. The van der Waals surface area contributed by atoms with Gasteiger partial charge >= 0.3 is 11.7 Å². The second-order valence-electron chi connectivity index (χ2n) is 8.77. The van der Waals surface area contributed by atoms with Crippen molar-refractivity contribution in [3.8, 4) is 0 Å². The van der Waals surface area contributed by atoms with E-state index in [0.29, 0.717) is 10.8 Å². The first-order chi connectivity index (χ1) is 18.0. The van der Waals surface area contributed by atoms with E-state index < -0.39 is 66.1 Å². The standard InChI is InChI=1S/C24H31FN6O7/c1-14(2)8-17(29-23(36)18(28-19(32)10-26)9-15-6-4-3-5-7-15)22(35)27-11-20(33)38-13-31-12-16(25)21(34)30-24(31)37/h3-7,12,14,17-18H,8-11,13,26H2,1-2H3,(H,27,35)(H,28,32)(H,29,36)(H,30,34,37)/t17-,18-/m0/s1. The molecule has 0 aliphatic rings. The van der Waals surface area contributed by atoms with E-state index in [0.717, 1.165) is 5.56 Å².